The topological polar surface area (TPSA) is 69.2 Å². The molecule has 0 aliphatic heterocycles. The van der Waals surface area contributed by atoms with Crippen LogP contribution in [0.25, 0.3) is 0 Å². The van der Waals surface area contributed by atoms with Crippen LogP contribution in [0, 0.1) is 10.1 Å². The maximum Gasteiger partial charge on any atom is 0.269 e. The first kappa shape index (κ1) is 15.4. The molecule has 2 N–H and O–H groups in total. The van der Waals surface area contributed by atoms with Gasteiger partial charge in [0, 0.05) is 17.8 Å². The first-order chi connectivity index (χ1) is 8.11. The van der Waals surface area contributed by atoms with Crippen LogP contribution in [0.15, 0.2) is 24.3 Å². The Bertz CT molecular complexity index is 306. The fraction of sp³-hybridized carbons (Fsp3) is 0.538. The zero-order valence-electron chi connectivity index (χ0n) is 10.7. The van der Waals surface area contributed by atoms with Crippen LogP contribution in [0.4, 0.5) is 11.4 Å². The average molecular weight is 238 g/mol. The van der Waals surface area contributed by atoms with E-state index < -0.39 is 4.92 Å². The Kier molecular flexibility index (Phi) is 8.74. The summed E-state index contributed by atoms with van der Waals surface area (Å²) in [6.45, 7) is 4.49. The highest BCUT2D eigenvalue weighted by Gasteiger charge is 2.00. The SMILES string of the molecule is CCCCCCC.Nc1ccc([N+](=O)[O-])cc1. The molecule has 0 spiro atoms. The molecule has 0 saturated carbocycles. The van der Waals surface area contributed by atoms with E-state index in [9.17, 15) is 10.1 Å². The van der Waals surface area contributed by atoms with Gasteiger partial charge in [0.25, 0.3) is 5.69 Å². The zero-order chi connectivity index (χ0) is 13.1. The monoisotopic (exact) mass is 238 g/mol. The second kappa shape index (κ2) is 9.63. The van der Waals surface area contributed by atoms with Gasteiger partial charge in [-0.15, -0.1) is 0 Å². The number of non-ortho nitro benzene ring substituents is 1. The molecule has 0 amide bonds. The molecule has 4 heteroatoms. The van der Waals surface area contributed by atoms with Crippen LogP contribution in [0.1, 0.15) is 46.0 Å². The van der Waals surface area contributed by atoms with E-state index >= 15 is 0 Å². The molecule has 1 aromatic rings. The molecule has 17 heavy (non-hydrogen) atoms. The van der Waals surface area contributed by atoms with Crippen molar-refractivity contribution in [1.29, 1.82) is 0 Å². The number of nitro groups is 1. The van der Waals surface area contributed by atoms with E-state index in [1.165, 1.54) is 56.4 Å². The van der Waals surface area contributed by atoms with Crippen molar-refractivity contribution >= 4 is 11.4 Å². The highest BCUT2D eigenvalue weighted by atomic mass is 16.6. The Morgan fingerprint density at radius 3 is 1.88 bits per heavy atom. The number of hydrogen-bond donors (Lipinski definition) is 1. The van der Waals surface area contributed by atoms with Gasteiger partial charge < -0.3 is 5.73 Å². The quantitative estimate of drug-likeness (QED) is 0.362. The predicted molar refractivity (Wildman–Crippen MR) is 71.9 cm³/mol. The van der Waals surface area contributed by atoms with Gasteiger partial charge in [0.1, 0.15) is 0 Å². The molecule has 0 saturated heterocycles. The van der Waals surface area contributed by atoms with Gasteiger partial charge in [-0.2, -0.15) is 0 Å². The summed E-state index contributed by atoms with van der Waals surface area (Å²) in [6, 6.07) is 5.74. The zero-order valence-corrected chi connectivity index (χ0v) is 10.7. The van der Waals surface area contributed by atoms with Crippen molar-refractivity contribution in [2.24, 2.45) is 0 Å². The Balaban J connectivity index is 0.000000325. The molecular formula is C13H22N2O2. The molecule has 4 nitrogen and oxygen atoms in total. The Labute approximate surface area is 103 Å². The number of hydrogen-bond acceptors (Lipinski definition) is 3. The normalized spacial score (nSPS) is 9.29. The second-order valence-electron chi connectivity index (χ2n) is 3.91. The van der Waals surface area contributed by atoms with E-state index in [4.69, 9.17) is 5.73 Å². The summed E-state index contributed by atoms with van der Waals surface area (Å²) in [7, 11) is 0. The number of nitrogens with zero attached hydrogens (tertiary/aromatic N) is 1. The van der Waals surface area contributed by atoms with E-state index in [1.54, 1.807) is 0 Å². The maximum atomic E-state index is 10.1. The molecule has 0 heterocycles. The lowest BCUT2D eigenvalue weighted by Crippen LogP contribution is -1.88. The number of unbranched alkanes of at least 4 members (excludes halogenated alkanes) is 4. The third-order valence-electron chi connectivity index (χ3n) is 2.31. The van der Waals surface area contributed by atoms with Gasteiger partial charge in [-0.3, -0.25) is 10.1 Å². The third kappa shape index (κ3) is 8.25. The lowest BCUT2D eigenvalue weighted by molar-refractivity contribution is -0.384. The molecule has 1 rings (SSSR count). The summed E-state index contributed by atoms with van der Waals surface area (Å²) in [6.07, 6.45) is 7.01. The minimum Gasteiger partial charge on any atom is -0.399 e. The molecule has 0 aliphatic carbocycles. The van der Waals surface area contributed by atoms with Crippen LogP contribution in [-0.2, 0) is 0 Å². The summed E-state index contributed by atoms with van der Waals surface area (Å²) in [5, 5.41) is 10.1. The number of anilines is 1. The van der Waals surface area contributed by atoms with Crippen molar-refractivity contribution in [1.82, 2.24) is 0 Å². The summed E-state index contributed by atoms with van der Waals surface area (Å²) in [5.74, 6) is 0. The first-order valence-corrected chi connectivity index (χ1v) is 6.11. The van der Waals surface area contributed by atoms with Crippen molar-refractivity contribution in [2.45, 2.75) is 46.0 Å². The van der Waals surface area contributed by atoms with Gasteiger partial charge in [-0.05, 0) is 12.1 Å². The van der Waals surface area contributed by atoms with Crippen LogP contribution in [0.5, 0.6) is 0 Å². The highest BCUT2D eigenvalue weighted by Crippen LogP contribution is 2.12. The number of nitrogen functional groups attached to an aromatic ring is 1. The van der Waals surface area contributed by atoms with Crippen molar-refractivity contribution < 1.29 is 4.92 Å². The van der Waals surface area contributed by atoms with Gasteiger partial charge in [-0.1, -0.05) is 46.0 Å². The molecule has 0 radical (unpaired) electrons. The average Bonchev–Trinajstić information content (AvgIpc) is 2.31. The lowest BCUT2D eigenvalue weighted by Gasteiger charge is -1.90. The summed E-state index contributed by atoms with van der Waals surface area (Å²) < 4.78 is 0. The summed E-state index contributed by atoms with van der Waals surface area (Å²) in [4.78, 5) is 9.62. The standard InChI is InChI=1S/C7H16.C6H6N2O2/c1-3-5-7-6-4-2;7-5-1-3-6(4-2-5)8(9)10/h3-7H2,1-2H3;1-4H,7H2. The van der Waals surface area contributed by atoms with E-state index in [-0.39, 0.29) is 5.69 Å². The number of benzene rings is 1. The van der Waals surface area contributed by atoms with Gasteiger partial charge >= 0.3 is 0 Å². The smallest absolute Gasteiger partial charge is 0.269 e. The van der Waals surface area contributed by atoms with Gasteiger partial charge in [-0.25, -0.2) is 0 Å². The van der Waals surface area contributed by atoms with Crippen molar-refractivity contribution in [3.05, 3.63) is 34.4 Å². The molecule has 0 fully saturated rings. The molecule has 0 unspecified atom stereocenters. The molecule has 0 aromatic heterocycles. The van der Waals surface area contributed by atoms with Crippen LogP contribution in [0.3, 0.4) is 0 Å². The van der Waals surface area contributed by atoms with E-state index in [0.29, 0.717) is 5.69 Å². The summed E-state index contributed by atoms with van der Waals surface area (Å²) in [5.41, 5.74) is 5.90. The predicted octanol–water partition coefficient (Wildman–Crippen LogP) is 4.15. The van der Waals surface area contributed by atoms with Gasteiger partial charge in [0.05, 0.1) is 4.92 Å². The molecular weight excluding hydrogens is 216 g/mol. The van der Waals surface area contributed by atoms with E-state index in [2.05, 4.69) is 13.8 Å². The van der Waals surface area contributed by atoms with Crippen LogP contribution in [0.2, 0.25) is 0 Å². The van der Waals surface area contributed by atoms with Gasteiger partial charge in [0.15, 0.2) is 0 Å². The number of nitrogens with two attached hydrogens (primary N) is 1. The van der Waals surface area contributed by atoms with E-state index in [0.717, 1.165) is 0 Å². The number of nitro benzene ring substituents is 1. The van der Waals surface area contributed by atoms with Crippen LogP contribution in [-0.4, -0.2) is 4.92 Å². The lowest BCUT2D eigenvalue weighted by atomic mass is 10.2. The second-order valence-corrected chi connectivity index (χ2v) is 3.91. The first-order valence-electron chi connectivity index (χ1n) is 6.11. The fourth-order valence-corrected chi connectivity index (χ4v) is 1.27. The Morgan fingerprint density at radius 1 is 1.06 bits per heavy atom. The molecule has 0 atom stereocenters. The number of rotatable bonds is 5. The van der Waals surface area contributed by atoms with E-state index in [1.807, 2.05) is 0 Å². The fourth-order valence-electron chi connectivity index (χ4n) is 1.27. The van der Waals surface area contributed by atoms with Crippen molar-refractivity contribution in [3.63, 3.8) is 0 Å². The Hall–Kier alpha value is -1.58. The molecule has 0 aliphatic rings. The van der Waals surface area contributed by atoms with Gasteiger partial charge in [0.2, 0.25) is 0 Å². The molecule has 96 valence electrons. The molecule has 1 aromatic carbocycles. The minimum atomic E-state index is -0.459. The minimum absolute atomic E-state index is 0.0641. The van der Waals surface area contributed by atoms with Crippen molar-refractivity contribution in [3.8, 4) is 0 Å². The Morgan fingerprint density at radius 2 is 1.53 bits per heavy atom. The summed E-state index contributed by atoms with van der Waals surface area (Å²) >= 11 is 0. The van der Waals surface area contributed by atoms with Crippen LogP contribution < -0.4 is 5.73 Å². The third-order valence-corrected chi connectivity index (χ3v) is 2.31. The highest BCUT2D eigenvalue weighted by molar-refractivity contribution is 5.44. The molecule has 0 bridgehead atoms. The largest absolute Gasteiger partial charge is 0.399 e. The van der Waals surface area contributed by atoms with Crippen molar-refractivity contribution in [2.75, 3.05) is 5.73 Å². The van der Waals surface area contributed by atoms with Crippen LogP contribution >= 0.6 is 0 Å². The maximum absolute atomic E-state index is 10.1.